The van der Waals surface area contributed by atoms with Gasteiger partial charge in [-0.3, -0.25) is 4.99 Å². The lowest BCUT2D eigenvalue weighted by Gasteiger charge is -2.29. The van der Waals surface area contributed by atoms with Gasteiger partial charge < -0.3 is 19.9 Å². The molecule has 1 heterocycles. The van der Waals surface area contributed by atoms with Gasteiger partial charge in [-0.15, -0.1) is 0 Å². The van der Waals surface area contributed by atoms with E-state index in [0.29, 0.717) is 6.54 Å². The summed E-state index contributed by atoms with van der Waals surface area (Å²) < 4.78 is 6.92. The molecule has 1 aromatic carbocycles. The van der Waals surface area contributed by atoms with Crippen molar-refractivity contribution in [3.05, 3.63) is 34.3 Å². The van der Waals surface area contributed by atoms with Gasteiger partial charge in [0.25, 0.3) is 0 Å². The van der Waals surface area contributed by atoms with E-state index in [1.807, 2.05) is 6.07 Å². The molecule has 1 unspecified atom stereocenters. The van der Waals surface area contributed by atoms with Gasteiger partial charge in [-0.25, -0.2) is 0 Å². The quantitative estimate of drug-likeness (QED) is 0.625. The number of likely N-dealkylation sites (N-methyl/N-ethyl adjacent to an activating group) is 1. The molecule has 0 aromatic heterocycles. The van der Waals surface area contributed by atoms with E-state index < -0.39 is 0 Å². The Morgan fingerprint density at radius 1 is 1.48 bits per heavy atom. The summed E-state index contributed by atoms with van der Waals surface area (Å²) in [4.78, 5) is 9.20. The first-order valence-corrected chi connectivity index (χ1v) is 8.92. The van der Waals surface area contributed by atoms with Crippen LogP contribution in [0.25, 0.3) is 0 Å². The second-order valence-corrected chi connectivity index (χ2v) is 6.75. The van der Waals surface area contributed by atoms with Gasteiger partial charge in [0.05, 0.1) is 19.3 Å². The van der Waals surface area contributed by atoms with Gasteiger partial charge in [-0.2, -0.15) is 0 Å². The zero-order chi connectivity index (χ0) is 16.7. The molecule has 2 rings (SSSR count). The molecule has 1 aliphatic rings. The standard InChI is InChI=1S/C17H27BrN4O/c1-4-19-17(20-11-15-13-21(2)9-10-23-15)22(3)12-14-7-5-6-8-16(14)18/h5-8,15H,4,9-13H2,1-3H3,(H,19,20). The van der Waals surface area contributed by atoms with Crippen LogP contribution in [0.15, 0.2) is 33.7 Å². The second kappa shape index (κ2) is 9.25. The molecule has 1 aromatic rings. The maximum Gasteiger partial charge on any atom is 0.194 e. The van der Waals surface area contributed by atoms with Crippen molar-refractivity contribution in [2.24, 2.45) is 4.99 Å². The average molecular weight is 383 g/mol. The van der Waals surface area contributed by atoms with Crippen LogP contribution < -0.4 is 5.32 Å². The second-order valence-electron chi connectivity index (χ2n) is 5.90. The lowest BCUT2D eigenvalue weighted by molar-refractivity contribution is -0.0137. The van der Waals surface area contributed by atoms with Gasteiger partial charge in [0.15, 0.2) is 5.96 Å². The highest BCUT2D eigenvalue weighted by Crippen LogP contribution is 2.17. The van der Waals surface area contributed by atoms with Crippen LogP contribution in [0.3, 0.4) is 0 Å². The van der Waals surface area contributed by atoms with E-state index in [4.69, 9.17) is 9.73 Å². The first-order chi connectivity index (χ1) is 11.1. The molecule has 0 bridgehead atoms. The zero-order valence-corrected chi connectivity index (χ0v) is 15.8. The highest BCUT2D eigenvalue weighted by Gasteiger charge is 2.18. The fourth-order valence-corrected chi connectivity index (χ4v) is 3.00. The third-order valence-corrected chi connectivity index (χ3v) is 4.62. The highest BCUT2D eigenvalue weighted by atomic mass is 79.9. The van der Waals surface area contributed by atoms with Gasteiger partial charge in [-0.05, 0) is 25.6 Å². The summed E-state index contributed by atoms with van der Waals surface area (Å²) in [7, 11) is 4.19. The monoisotopic (exact) mass is 382 g/mol. The minimum atomic E-state index is 0.180. The third kappa shape index (κ3) is 5.79. The molecule has 5 nitrogen and oxygen atoms in total. The van der Waals surface area contributed by atoms with Crippen LogP contribution >= 0.6 is 15.9 Å². The van der Waals surface area contributed by atoms with Crippen molar-refractivity contribution in [3.8, 4) is 0 Å². The van der Waals surface area contributed by atoms with Gasteiger partial charge in [0.1, 0.15) is 0 Å². The smallest absolute Gasteiger partial charge is 0.194 e. The van der Waals surface area contributed by atoms with Crippen LogP contribution in [0, 0.1) is 0 Å². The summed E-state index contributed by atoms with van der Waals surface area (Å²) >= 11 is 3.61. The molecule has 1 saturated heterocycles. The van der Waals surface area contributed by atoms with E-state index in [1.54, 1.807) is 0 Å². The molecule has 0 amide bonds. The Labute approximate surface area is 147 Å². The first kappa shape index (κ1) is 18.2. The van der Waals surface area contributed by atoms with Crippen molar-refractivity contribution in [2.75, 3.05) is 46.9 Å². The van der Waals surface area contributed by atoms with Crippen molar-refractivity contribution in [1.82, 2.24) is 15.1 Å². The molecular weight excluding hydrogens is 356 g/mol. The largest absolute Gasteiger partial charge is 0.374 e. The van der Waals surface area contributed by atoms with E-state index >= 15 is 0 Å². The minimum Gasteiger partial charge on any atom is -0.374 e. The summed E-state index contributed by atoms with van der Waals surface area (Å²) in [5, 5.41) is 3.36. The zero-order valence-electron chi connectivity index (χ0n) is 14.3. The number of halogens is 1. The van der Waals surface area contributed by atoms with Crippen molar-refractivity contribution < 1.29 is 4.74 Å². The van der Waals surface area contributed by atoms with Crippen molar-refractivity contribution in [1.29, 1.82) is 0 Å². The summed E-state index contributed by atoms with van der Waals surface area (Å²) in [6.07, 6.45) is 0.180. The highest BCUT2D eigenvalue weighted by molar-refractivity contribution is 9.10. The molecule has 128 valence electrons. The fourth-order valence-electron chi connectivity index (χ4n) is 2.59. The third-order valence-electron chi connectivity index (χ3n) is 3.85. The molecule has 6 heteroatoms. The van der Waals surface area contributed by atoms with E-state index in [2.05, 4.69) is 70.3 Å². The Morgan fingerprint density at radius 2 is 2.26 bits per heavy atom. The van der Waals surface area contributed by atoms with Gasteiger partial charge >= 0.3 is 0 Å². The first-order valence-electron chi connectivity index (χ1n) is 8.13. The van der Waals surface area contributed by atoms with E-state index in [1.165, 1.54) is 5.56 Å². The van der Waals surface area contributed by atoms with Crippen LogP contribution in [0.1, 0.15) is 12.5 Å². The number of benzene rings is 1. The Kier molecular flexibility index (Phi) is 7.33. The van der Waals surface area contributed by atoms with Gasteiger partial charge in [-0.1, -0.05) is 34.1 Å². The number of ether oxygens (including phenoxy) is 1. The normalized spacial score (nSPS) is 19.7. The number of guanidine groups is 1. The predicted octanol–water partition coefficient (Wildman–Crippen LogP) is 2.18. The molecule has 0 spiro atoms. The van der Waals surface area contributed by atoms with Crippen LogP contribution in [0.4, 0.5) is 0 Å². The SMILES string of the molecule is CCNC(=NCC1CN(C)CCO1)N(C)Cc1ccccc1Br. The Hall–Kier alpha value is -1.11. The van der Waals surface area contributed by atoms with Gasteiger partial charge in [0.2, 0.25) is 0 Å². The molecule has 1 aliphatic heterocycles. The maximum absolute atomic E-state index is 5.79. The Morgan fingerprint density at radius 3 is 2.96 bits per heavy atom. The maximum atomic E-state index is 5.79. The number of nitrogens with one attached hydrogen (secondary N) is 1. The number of rotatable bonds is 5. The van der Waals surface area contributed by atoms with Crippen molar-refractivity contribution in [2.45, 2.75) is 19.6 Å². The van der Waals surface area contributed by atoms with Crippen LogP contribution in [-0.4, -0.2) is 68.7 Å². The Bertz CT molecular complexity index is 523. The minimum absolute atomic E-state index is 0.180. The summed E-state index contributed by atoms with van der Waals surface area (Å²) in [5.74, 6) is 0.917. The predicted molar refractivity (Wildman–Crippen MR) is 98.8 cm³/mol. The lowest BCUT2D eigenvalue weighted by atomic mass is 10.2. The average Bonchev–Trinajstić information content (AvgIpc) is 2.53. The summed E-state index contributed by atoms with van der Waals surface area (Å²) in [6, 6.07) is 8.29. The molecule has 0 radical (unpaired) electrons. The fraction of sp³-hybridized carbons (Fsp3) is 0.588. The molecule has 1 N–H and O–H groups in total. The number of morpholine rings is 1. The number of aliphatic imine (C=N–C) groups is 1. The molecule has 1 atom stereocenters. The molecular formula is C17H27BrN4O. The van der Waals surface area contributed by atoms with Crippen LogP contribution in [0.2, 0.25) is 0 Å². The molecule has 23 heavy (non-hydrogen) atoms. The molecule has 0 aliphatic carbocycles. The van der Waals surface area contributed by atoms with E-state index in [9.17, 15) is 0 Å². The van der Waals surface area contributed by atoms with Crippen LogP contribution in [-0.2, 0) is 11.3 Å². The van der Waals surface area contributed by atoms with Gasteiger partial charge in [0, 0.05) is 37.7 Å². The topological polar surface area (TPSA) is 40.1 Å². The van der Waals surface area contributed by atoms with Crippen molar-refractivity contribution in [3.63, 3.8) is 0 Å². The number of hydrogen-bond acceptors (Lipinski definition) is 3. The van der Waals surface area contributed by atoms with E-state index in [0.717, 1.165) is 43.2 Å². The summed E-state index contributed by atoms with van der Waals surface area (Å²) in [6.45, 7) is 7.17. The molecule has 1 fully saturated rings. The Balaban J connectivity index is 1.98. The number of nitrogens with zero attached hydrogens (tertiary/aromatic N) is 3. The molecule has 0 saturated carbocycles. The number of hydrogen-bond donors (Lipinski definition) is 1. The lowest BCUT2D eigenvalue weighted by Crippen LogP contribution is -2.43. The van der Waals surface area contributed by atoms with E-state index in [-0.39, 0.29) is 6.10 Å². The van der Waals surface area contributed by atoms with Crippen molar-refractivity contribution >= 4 is 21.9 Å². The van der Waals surface area contributed by atoms with Crippen LogP contribution in [0.5, 0.6) is 0 Å². The summed E-state index contributed by atoms with van der Waals surface area (Å²) in [5.41, 5.74) is 1.24.